The number of hydrogen-bond donors (Lipinski definition) is 0. The van der Waals surface area contributed by atoms with Crippen molar-refractivity contribution in [1.29, 1.82) is 0 Å². The third-order valence-electron chi connectivity index (χ3n) is 2.16. The molecular formula is C12H6Cl4. The van der Waals surface area contributed by atoms with Crippen LogP contribution in [0.4, 0.5) is 0 Å². The van der Waals surface area contributed by atoms with Crippen molar-refractivity contribution < 1.29 is 0 Å². The first-order valence-electron chi connectivity index (χ1n) is 4.49. The summed E-state index contributed by atoms with van der Waals surface area (Å²) in [5.41, 5.74) is 1.45. The molecule has 0 radical (unpaired) electrons. The number of hydrogen-bond acceptors (Lipinski definition) is 0. The van der Waals surface area contributed by atoms with E-state index in [1.54, 1.807) is 36.4 Å². The Labute approximate surface area is 114 Å². The topological polar surface area (TPSA) is 0 Å². The zero-order chi connectivity index (χ0) is 11.7. The molecule has 0 aliphatic rings. The number of halogens is 4. The van der Waals surface area contributed by atoms with Gasteiger partial charge in [-0.25, -0.2) is 0 Å². The maximum atomic E-state index is 6.10. The van der Waals surface area contributed by atoms with Gasteiger partial charge in [0.25, 0.3) is 0 Å². The third kappa shape index (κ3) is 2.31. The lowest BCUT2D eigenvalue weighted by Crippen LogP contribution is -1.83. The van der Waals surface area contributed by atoms with Gasteiger partial charge in [-0.1, -0.05) is 52.5 Å². The quantitative estimate of drug-likeness (QED) is 0.607. The van der Waals surface area contributed by atoms with Crippen LogP contribution in [0.3, 0.4) is 0 Å². The van der Waals surface area contributed by atoms with Crippen LogP contribution in [0, 0.1) is 0 Å². The second-order valence-corrected chi connectivity index (χ2v) is 4.88. The molecule has 0 heterocycles. The third-order valence-corrected chi connectivity index (χ3v) is 3.36. The minimum Gasteiger partial charge on any atom is -0.0843 e. The van der Waals surface area contributed by atoms with E-state index >= 15 is 0 Å². The Morgan fingerprint density at radius 2 is 1.31 bits per heavy atom. The Balaban J connectivity index is 2.72. The summed E-state index contributed by atoms with van der Waals surface area (Å²) in [6, 6.07) is 10.5. The van der Waals surface area contributed by atoms with Crippen LogP contribution in [-0.2, 0) is 0 Å². The number of benzene rings is 2. The van der Waals surface area contributed by atoms with Crippen molar-refractivity contribution in [3.05, 3.63) is 56.5 Å². The van der Waals surface area contributed by atoms with Crippen molar-refractivity contribution in [2.75, 3.05) is 0 Å². The molecule has 0 aromatic heterocycles. The van der Waals surface area contributed by atoms with Crippen LogP contribution in [0.2, 0.25) is 20.1 Å². The Bertz CT molecular complexity index is 514. The predicted octanol–water partition coefficient (Wildman–Crippen LogP) is 5.97. The van der Waals surface area contributed by atoms with E-state index in [1.165, 1.54) is 0 Å². The fraction of sp³-hybridized carbons (Fsp3) is 0. The highest BCUT2D eigenvalue weighted by Crippen LogP contribution is 2.39. The largest absolute Gasteiger partial charge is 0.0843 e. The van der Waals surface area contributed by atoms with Crippen LogP contribution in [-0.4, -0.2) is 0 Å². The van der Waals surface area contributed by atoms with Gasteiger partial charge in [-0.15, -0.1) is 0 Å². The molecule has 0 fully saturated rings. The fourth-order valence-corrected chi connectivity index (χ4v) is 2.43. The molecular weight excluding hydrogens is 286 g/mol. The molecule has 0 spiro atoms. The van der Waals surface area contributed by atoms with Crippen molar-refractivity contribution in [1.82, 2.24) is 0 Å². The van der Waals surface area contributed by atoms with E-state index in [4.69, 9.17) is 46.4 Å². The first-order chi connectivity index (χ1) is 7.59. The van der Waals surface area contributed by atoms with Crippen molar-refractivity contribution in [3.63, 3.8) is 0 Å². The molecule has 0 unspecified atom stereocenters. The maximum absolute atomic E-state index is 6.10. The molecule has 2 aromatic rings. The van der Waals surface area contributed by atoms with E-state index < -0.39 is 0 Å². The Morgan fingerprint density at radius 3 is 1.94 bits per heavy atom. The molecule has 0 bridgehead atoms. The molecule has 16 heavy (non-hydrogen) atoms. The summed E-state index contributed by atoms with van der Waals surface area (Å²) < 4.78 is 0. The minimum absolute atomic E-state index is 0.552. The summed E-state index contributed by atoms with van der Waals surface area (Å²) in [7, 11) is 0. The maximum Gasteiger partial charge on any atom is 0.0499 e. The monoisotopic (exact) mass is 290 g/mol. The van der Waals surface area contributed by atoms with Crippen LogP contribution in [0.5, 0.6) is 0 Å². The Hall–Kier alpha value is -0.400. The summed E-state index contributed by atoms with van der Waals surface area (Å²) in [5.74, 6) is 0. The van der Waals surface area contributed by atoms with E-state index in [-0.39, 0.29) is 0 Å². The Morgan fingerprint density at radius 1 is 0.688 bits per heavy atom. The van der Waals surface area contributed by atoms with Gasteiger partial charge < -0.3 is 0 Å². The van der Waals surface area contributed by atoms with E-state index in [1.807, 2.05) is 0 Å². The minimum atomic E-state index is 0.552. The van der Waals surface area contributed by atoms with Crippen molar-refractivity contribution in [3.8, 4) is 11.1 Å². The van der Waals surface area contributed by atoms with E-state index in [0.29, 0.717) is 25.7 Å². The van der Waals surface area contributed by atoms with Crippen LogP contribution in [0.25, 0.3) is 11.1 Å². The molecule has 0 amide bonds. The second kappa shape index (κ2) is 4.85. The van der Waals surface area contributed by atoms with Gasteiger partial charge in [-0.05, 0) is 30.3 Å². The van der Waals surface area contributed by atoms with Gasteiger partial charge in [-0.3, -0.25) is 0 Å². The second-order valence-electron chi connectivity index (χ2n) is 3.22. The summed E-state index contributed by atoms with van der Waals surface area (Å²) in [4.78, 5) is 0. The lowest BCUT2D eigenvalue weighted by atomic mass is 10.1. The molecule has 0 N–H and O–H groups in total. The molecule has 0 aliphatic heterocycles. The van der Waals surface area contributed by atoms with E-state index in [2.05, 4.69) is 0 Å². The zero-order valence-electron chi connectivity index (χ0n) is 7.98. The van der Waals surface area contributed by atoms with Gasteiger partial charge in [0.1, 0.15) is 0 Å². The molecule has 0 saturated heterocycles. The normalized spacial score (nSPS) is 10.5. The first kappa shape index (κ1) is 12.1. The van der Waals surface area contributed by atoms with Crippen LogP contribution >= 0.6 is 46.4 Å². The van der Waals surface area contributed by atoms with Crippen molar-refractivity contribution in [2.24, 2.45) is 0 Å². The average Bonchev–Trinajstić information content (AvgIpc) is 2.23. The molecule has 0 saturated carbocycles. The van der Waals surface area contributed by atoms with Crippen LogP contribution in [0.1, 0.15) is 0 Å². The van der Waals surface area contributed by atoms with E-state index in [0.717, 1.165) is 5.56 Å². The number of rotatable bonds is 1. The van der Waals surface area contributed by atoms with Crippen molar-refractivity contribution >= 4 is 46.4 Å². The average molecular weight is 292 g/mol. The van der Waals surface area contributed by atoms with Gasteiger partial charge in [0.15, 0.2) is 0 Å². The van der Waals surface area contributed by atoms with Crippen molar-refractivity contribution in [2.45, 2.75) is 0 Å². The molecule has 82 valence electrons. The highest BCUT2D eigenvalue weighted by Gasteiger charge is 2.11. The van der Waals surface area contributed by atoms with Crippen LogP contribution in [0.15, 0.2) is 36.4 Å². The van der Waals surface area contributed by atoms with E-state index in [9.17, 15) is 0 Å². The molecule has 0 atom stereocenters. The zero-order valence-corrected chi connectivity index (χ0v) is 11.0. The highest BCUT2D eigenvalue weighted by molar-refractivity contribution is 6.41. The summed E-state index contributed by atoms with van der Waals surface area (Å²) in [6.07, 6.45) is 0. The summed E-state index contributed by atoms with van der Waals surface area (Å²) in [5, 5.41) is 2.27. The smallest absolute Gasteiger partial charge is 0.0499 e. The molecule has 4 heteroatoms. The summed E-state index contributed by atoms with van der Waals surface area (Å²) in [6.45, 7) is 0. The molecule has 0 nitrogen and oxygen atoms in total. The first-order valence-corrected chi connectivity index (χ1v) is 6.00. The Kier molecular flexibility index (Phi) is 3.66. The fourth-order valence-electron chi connectivity index (χ4n) is 1.44. The van der Waals surface area contributed by atoms with Gasteiger partial charge in [0.05, 0.1) is 0 Å². The molecule has 2 rings (SSSR count). The van der Waals surface area contributed by atoms with Gasteiger partial charge >= 0.3 is 0 Å². The van der Waals surface area contributed by atoms with Gasteiger partial charge in [0.2, 0.25) is 0 Å². The predicted molar refractivity (Wildman–Crippen MR) is 71.9 cm³/mol. The summed E-state index contributed by atoms with van der Waals surface area (Å²) >= 11 is 24.2. The van der Waals surface area contributed by atoms with Gasteiger partial charge in [0, 0.05) is 31.2 Å². The molecule has 0 aliphatic carbocycles. The molecule has 2 aromatic carbocycles. The SMILES string of the molecule is Clc1ccc(Cl)c(-c2c(Cl)cccc2Cl)c1. The van der Waals surface area contributed by atoms with Gasteiger partial charge in [-0.2, -0.15) is 0 Å². The highest BCUT2D eigenvalue weighted by atomic mass is 35.5. The lowest BCUT2D eigenvalue weighted by molar-refractivity contribution is 1.61. The van der Waals surface area contributed by atoms with Crippen LogP contribution < -0.4 is 0 Å². The lowest BCUT2D eigenvalue weighted by Gasteiger charge is -2.09. The standard InChI is InChI=1S/C12H6Cl4/c13-7-4-5-9(14)8(6-7)12-10(15)2-1-3-11(12)16/h1-6H.